The first-order valence-electron chi connectivity index (χ1n) is 11.2. The highest BCUT2D eigenvalue weighted by Gasteiger charge is 2.41. The lowest BCUT2D eigenvalue weighted by molar-refractivity contribution is -0.116. The summed E-state index contributed by atoms with van der Waals surface area (Å²) < 4.78 is 2.02. The van der Waals surface area contributed by atoms with Gasteiger partial charge in [-0.05, 0) is 60.7 Å². The van der Waals surface area contributed by atoms with E-state index in [9.17, 15) is 4.79 Å². The molecule has 4 aromatic rings. The van der Waals surface area contributed by atoms with Gasteiger partial charge in [-0.1, -0.05) is 35.9 Å². The second-order valence-electron chi connectivity index (χ2n) is 8.12. The smallest absolute Gasteiger partial charge is 0.226 e. The van der Waals surface area contributed by atoms with E-state index in [0.29, 0.717) is 16.7 Å². The molecular weight excluding hydrogens is 480 g/mol. The Morgan fingerprint density at radius 2 is 1.86 bits per heavy atom. The summed E-state index contributed by atoms with van der Waals surface area (Å²) >= 11 is 11.8. The summed E-state index contributed by atoms with van der Waals surface area (Å²) in [4.78, 5) is 23.8. The van der Waals surface area contributed by atoms with Crippen LogP contribution in [0.3, 0.4) is 0 Å². The van der Waals surface area contributed by atoms with Crippen LogP contribution in [-0.4, -0.2) is 37.0 Å². The molecule has 4 heterocycles. The number of anilines is 1. The van der Waals surface area contributed by atoms with Crippen LogP contribution < -0.4 is 10.6 Å². The second kappa shape index (κ2) is 10.2. The van der Waals surface area contributed by atoms with E-state index in [1.165, 1.54) is 0 Å². The maximum atomic E-state index is 12.7. The fraction of sp³-hybridized carbons (Fsp3) is 0.154. The fourth-order valence-electron chi connectivity index (χ4n) is 4.29. The number of pyridine rings is 2. The number of halogens is 1. The Balaban J connectivity index is 1.45. The third-order valence-corrected chi connectivity index (χ3v) is 6.45. The molecule has 0 radical (unpaired) electrons. The van der Waals surface area contributed by atoms with E-state index in [1.54, 1.807) is 12.4 Å². The zero-order valence-electron chi connectivity index (χ0n) is 18.7. The van der Waals surface area contributed by atoms with E-state index >= 15 is 0 Å². The first-order chi connectivity index (χ1) is 17.1. The molecule has 1 fully saturated rings. The Kier molecular flexibility index (Phi) is 6.74. The van der Waals surface area contributed by atoms with Crippen LogP contribution in [0, 0.1) is 0 Å². The molecule has 1 amide bonds. The molecule has 0 spiro atoms. The maximum absolute atomic E-state index is 12.7. The molecule has 0 aliphatic carbocycles. The zero-order chi connectivity index (χ0) is 24.2. The van der Waals surface area contributed by atoms with E-state index in [2.05, 4.69) is 25.5 Å². The van der Waals surface area contributed by atoms with Gasteiger partial charge in [-0.25, -0.2) is 4.98 Å². The number of amides is 1. The van der Waals surface area contributed by atoms with Gasteiger partial charge in [0.2, 0.25) is 5.91 Å². The van der Waals surface area contributed by atoms with Crippen molar-refractivity contribution >= 4 is 40.5 Å². The fourth-order valence-corrected chi connectivity index (χ4v) is 4.73. The Morgan fingerprint density at radius 3 is 2.60 bits per heavy atom. The minimum atomic E-state index is -0.200. The highest BCUT2D eigenvalue weighted by molar-refractivity contribution is 7.80. The summed E-state index contributed by atoms with van der Waals surface area (Å²) in [6.07, 6.45) is 5.64. The number of carbonyl (C=O) groups excluding carboxylic acids is 1. The third-order valence-electron chi connectivity index (χ3n) is 5.88. The highest BCUT2D eigenvalue weighted by atomic mass is 35.5. The molecule has 0 unspecified atom stereocenters. The molecule has 2 N–H and O–H groups in total. The lowest BCUT2D eigenvalue weighted by Gasteiger charge is -2.28. The van der Waals surface area contributed by atoms with Gasteiger partial charge in [-0.3, -0.25) is 9.78 Å². The molecular formula is C26H23ClN6OS. The van der Waals surface area contributed by atoms with Crippen LogP contribution in [0.15, 0.2) is 91.4 Å². The zero-order valence-corrected chi connectivity index (χ0v) is 20.3. The second-order valence-corrected chi connectivity index (χ2v) is 8.95. The van der Waals surface area contributed by atoms with Crippen molar-refractivity contribution in [2.24, 2.45) is 0 Å². The minimum absolute atomic E-state index is 0.0752. The SMILES string of the molecule is O=C(CCN1C(=S)N[C@@H](c2ccccn2)[C@@H]1c1cccn1-c1ccc(Cl)cn1)Nc1ccccc1. The molecule has 35 heavy (non-hydrogen) atoms. The third kappa shape index (κ3) is 5.03. The van der Waals surface area contributed by atoms with E-state index < -0.39 is 0 Å². The van der Waals surface area contributed by atoms with Crippen molar-refractivity contribution in [1.29, 1.82) is 0 Å². The maximum Gasteiger partial charge on any atom is 0.226 e. The summed E-state index contributed by atoms with van der Waals surface area (Å²) in [6, 6.07) is 22.6. The number of rotatable bonds is 7. The molecule has 2 atom stereocenters. The summed E-state index contributed by atoms with van der Waals surface area (Å²) in [5.74, 6) is 0.669. The number of hydrogen-bond donors (Lipinski definition) is 2. The van der Waals surface area contributed by atoms with Crippen LogP contribution in [0.2, 0.25) is 5.02 Å². The van der Waals surface area contributed by atoms with E-state index in [4.69, 9.17) is 23.8 Å². The monoisotopic (exact) mass is 502 g/mol. The Bertz CT molecular complexity index is 1310. The van der Waals surface area contributed by atoms with Crippen LogP contribution in [0.5, 0.6) is 0 Å². The van der Waals surface area contributed by atoms with Crippen molar-refractivity contribution in [2.75, 3.05) is 11.9 Å². The predicted octanol–water partition coefficient (Wildman–Crippen LogP) is 4.92. The summed E-state index contributed by atoms with van der Waals surface area (Å²) in [7, 11) is 0. The molecule has 1 aliphatic heterocycles. The molecule has 3 aromatic heterocycles. The van der Waals surface area contributed by atoms with Crippen LogP contribution in [0.25, 0.3) is 5.82 Å². The van der Waals surface area contributed by atoms with Gasteiger partial charge in [0, 0.05) is 42.9 Å². The number of nitrogens with zero attached hydrogens (tertiary/aromatic N) is 4. The quantitative estimate of drug-likeness (QED) is 0.349. The van der Waals surface area contributed by atoms with E-state index in [1.807, 2.05) is 83.6 Å². The van der Waals surface area contributed by atoms with Gasteiger partial charge in [-0.2, -0.15) is 0 Å². The topological polar surface area (TPSA) is 75.1 Å². The Hall–Kier alpha value is -3.75. The number of aromatic nitrogens is 3. The number of benzene rings is 1. The summed E-state index contributed by atoms with van der Waals surface area (Å²) in [6.45, 7) is 0.442. The lowest BCUT2D eigenvalue weighted by Crippen LogP contribution is -2.33. The molecule has 9 heteroatoms. The number of nitrogens with one attached hydrogen (secondary N) is 2. The molecule has 1 aromatic carbocycles. The molecule has 1 saturated heterocycles. The molecule has 176 valence electrons. The van der Waals surface area contributed by atoms with Crippen molar-refractivity contribution in [1.82, 2.24) is 24.8 Å². The first kappa shape index (κ1) is 23.0. The standard InChI is InChI=1S/C26H23ClN6OS/c27-18-11-12-22(29-17-18)32-15-6-10-21(32)25-24(20-9-4-5-14-28-20)31-26(35)33(25)16-13-23(34)30-19-7-2-1-3-8-19/h1-12,14-15,17,24-25H,13,16H2,(H,30,34)(H,31,35)/t24-,25-/m0/s1. The molecule has 7 nitrogen and oxygen atoms in total. The lowest BCUT2D eigenvalue weighted by atomic mass is 10.0. The number of para-hydroxylation sites is 1. The number of carbonyl (C=O) groups is 1. The Labute approximate surface area is 213 Å². The van der Waals surface area contributed by atoms with Crippen molar-refractivity contribution < 1.29 is 4.79 Å². The van der Waals surface area contributed by atoms with Crippen LogP contribution in [0.1, 0.15) is 29.9 Å². The van der Waals surface area contributed by atoms with Gasteiger partial charge >= 0.3 is 0 Å². The molecule has 1 aliphatic rings. The van der Waals surface area contributed by atoms with E-state index in [0.717, 1.165) is 22.9 Å². The number of hydrogen-bond acceptors (Lipinski definition) is 4. The minimum Gasteiger partial charge on any atom is -0.352 e. The average molecular weight is 503 g/mol. The first-order valence-corrected chi connectivity index (χ1v) is 12.0. The van der Waals surface area contributed by atoms with Gasteiger partial charge in [0.05, 0.1) is 22.8 Å². The van der Waals surface area contributed by atoms with Gasteiger partial charge in [0.15, 0.2) is 5.11 Å². The normalized spacial score (nSPS) is 17.3. The van der Waals surface area contributed by atoms with Gasteiger partial charge in [0.1, 0.15) is 5.82 Å². The van der Waals surface area contributed by atoms with Crippen molar-refractivity contribution in [3.8, 4) is 5.82 Å². The molecule has 0 saturated carbocycles. The van der Waals surface area contributed by atoms with Gasteiger partial charge in [-0.15, -0.1) is 0 Å². The summed E-state index contributed by atoms with van der Waals surface area (Å²) in [5, 5.41) is 7.53. The van der Waals surface area contributed by atoms with Gasteiger partial charge in [0.25, 0.3) is 0 Å². The number of thiocarbonyl (C=S) groups is 1. The largest absolute Gasteiger partial charge is 0.352 e. The predicted molar refractivity (Wildman–Crippen MR) is 140 cm³/mol. The summed E-state index contributed by atoms with van der Waals surface area (Å²) in [5.41, 5.74) is 2.62. The van der Waals surface area contributed by atoms with Gasteiger partial charge < -0.3 is 20.1 Å². The van der Waals surface area contributed by atoms with Crippen molar-refractivity contribution in [3.63, 3.8) is 0 Å². The average Bonchev–Trinajstić information content (AvgIpc) is 3.48. The highest BCUT2D eigenvalue weighted by Crippen LogP contribution is 2.39. The van der Waals surface area contributed by atoms with Crippen LogP contribution in [0.4, 0.5) is 5.69 Å². The Morgan fingerprint density at radius 1 is 1.03 bits per heavy atom. The molecule has 0 bridgehead atoms. The van der Waals surface area contributed by atoms with Crippen molar-refractivity contribution in [3.05, 3.63) is 108 Å². The van der Waals surface area contributed by atoms with E-state index in [-0.39, 0.29) is 24.4 Å². The molecule has 5 rings (SSSR count). The van der Waals surface area contributed by atoms with Crippen LogP contribution >= 0.6 is 23.8 Å². The van der Waals surface area contributed by atoms with Crippen molar-refractivity contribution in [2.45, 2.75) is 18.5 Å². The van der Waals surface area contributed by atoms with Crippen LogP contribution in [-0.2, 0) is 4.79 Å².